The van der Waals surface area contributed by atoms with Crippen molar-refractivity contribution in [2.24, 2.45) is 5.92 Å². The van der Waals surface area contributed by atoms with E-state index in [0.29, 0.717) is 35.6 Å². The lowest BCUT2D eigenvalue weighted by molar-refractivity contribution is -0.00175. The van der Waals surface area contributed by atoms with E-state index in [1.54, 1.807) is 24.1 Å². The second-order valence-corrected chi connectivity index (χ2v) is 7.32. The molecular weight excluding hydrogens is 364 g/mol. The third-order valence-electron chi connectivity index (χ3n) is 3.40. The van der Waals surface area contributed by atoms with Crippen LogP contribution in [-0.4, -0.2) is 47.6 Å². The number of rotatable bonds is 4. The Morgan fingerprint density at radius 3 is 2.52 bits per heavy atom. The number of halogens is 1. The van der Waals surface area contributed by atoms with Gasteiger partial charge in [0.2, 0.25) is 0 Å². The molecule has 1 fully saturated rings. The summed E-state index contributed by atoms with van der Waals surface area (Å²) in [6.07, 6.45) is 0.0388. The SMILES string of the molecule is COc1ccc(C(=O)CC2CN(C(=O)OC(C)(C)C)C2)nc1Br. The fourth-order valence-corrected chi connectivity index (χ4v) is 2.76. The van der Waals surface area contributed by atoms with E-state index in [4.69, 9.17) is 9.47 Å². The normalized spacial score (nSPS) is 15.1. The lowest BCUT2D eigenvalue weighted by Gasteiger charge is -2.39. The smallest absolute Gasteiger partial charge is 0.410 e. The minimum atomic E-state index is -0.503. The van der Waals surface area contributed by atoms with Crippen molar-refractivity contribution in [3.8, 4) is 5.75 Å². The Labute approximate surface area is 144 Å². The molecule has 7 heteroatoms. The van der Waals surface area contributed by atoms with Crippen molar-refractivity contribution < 1.29 is 19.1 Å². The van der Waals surface area contributed by atoms with Gasteiger partial charge in [-0.2, -0.15) is 0 Å². The number of aromatic nitrogens is 1. The van der Waals surface area contributed by atoms with Crippen LogP contribution in [0.2, 0.25) is 0 Å². The first-order valence-corrected chi connectivity index (χ1v) is 8.20. The van der Waals surface area contributed by atoms with Gasteiger partial charge in [0.15, 0.2) is 11.5 Å². The van der Waals surface area contributed by atoms with E-state index in [-0.39, 0.29) is 17.8 Å². The van der Waals surface area contributed by atoms with Gasteiger partial charge < -0.3 is 14.4 Å². The number of hydrogen-bond acceptors (Lipinski definition) is 5. The van der Waals surface area contributed by atoms with Crippen molar-refractivity contribution in [2.45, 2.75) is 32.8 Å². The predicted molar refractivity (Wildman–Crippen MR) is 88.7 cm³/mol. The average molecular weight is 385 g/mol. The van der Waals surface area contributed by atoms with Gasteiger partial charge in [0.1, 0.15) is 15.9 Å². The molecule has 0 N–H and O–H groups in total. The topological polar surface area (TPSA) is 68.7 Å². The fourth-order valence-electron chi connectivity index (χ4n) is 2.27. The quantitative estimate of drug-likeness (QED) is 0.588. The Kier molecular flexibility index (Phi) is 5.29. The van der Waals surface area contributed by atoms with Gasteiger partial charge in [-0.05, 0) is 48.8 Å². The molecule has 0 saturated carbocycles. The van der Waals surface area contributed by atoms with E-state index in [1.165, 1.54) is 0 Å². The Balaban J connectivity index is 1.84. The molecule has 23 heavy (non-hydrogen) atoms. The zero-order valence-electron chi connectivity index (χ0n) is 13.8. The van der Waals surface area contributed by atoms with Crippen LogP contribution in [-0.2, 0) is 4.74 Å². The molecule has 2 heterocycles. The number of hydrogen-bond donors (Lipinski definition) is 0. The molecule has 6 nitrogen and oxygen atoms in total. The summed E-state index contributed by atoms with van der Waals surface area (Å²) < 4.78 is 10.9. The molecule has 0 atom stereocenters. The largest absolute Gasteiger partial charge is 0.494 e. The van der Waals surface area contributed by atoms with Crippen LogP contribution in [0.15, 0.2) is 16.7 Å². The van der Waals surface area contributed by atoms with Gasteiger partial charge in [-0.1, -0.05) is 0 Å². The predicted octanol–water partition coefficient (Wildman–Crippen LogP) is 3.29. The van der Waals surface area contributed by atoms with Gasteiger partial charge in [-0.15, -0.1) is 0 Å². The van der Waals surface area contributed by atoms with Crippen LogP contribution in [0.5, 0.6) is 5.75 Å². The summed E-state index contributed by atoms with van der Waals surface area (Å²) in [6.45, 7) is 6.58. The molecule has 2 rings (SSSR count). The molecule has 0 spiro atoms. The maximum atomic E-state index is 12.2. The monoisotopic (exact) mass is 384 g/mol. The van der Waals surface area contributed by atoms with Crippen molar-refractivity contribution in [1.29, 1.82) is 0 Å². The number of pyridine rings is 1. The molecule has 1 aromatic rings. The van der Waals surface area contributed by atoms with Gasteiger partial charge in [0, 0.05) is 25.4 Å². The highest BCUT2D eigenvalue weighted by molar-refractivity contribution is 9.10. The fraction of sp³-hybridized carbons (Fsp3) is 0.562. The molecule has 1 amide bonds. The molecule has 0 bridgehead atoms. The first-order valence-electron chi connectivity index (χ1n) is 7.41. The highest BCUT2D eigenvalue weighted by atomic mass is 79.9. The zero-order chi connectivity index (χ0) is 17.2. The number of ketones is 1. The van der Waals surface area contributed by atoms with Gasteiger partial charge >= 0.3 is 6.09 Å². The molecule has 1 aromatic heterocycles. The maximum Gasteiger partial charge on any atom is 0.410 e. The number of carbonyl (C=O) groups excluding carboxylic acids is 2. The van der Waals surface area contributed by atoms with Crippen molar-refractivity contribution in [1.82, 2.24) is 9.88 Å². The molecule has 126 valence electrons. The minimum Gasteiger partial charge on any atom is -0.494 e. The van der Waals surface area contributed by atoms with Crippen LogP contribution in [0, 0.1) is 5.92 Å². The molecule has 1 aliphatic heterocycles. The van der Waals surface area contributed by atoms with E-state index in [9.17, 15) is 9.59 Å². The highest BCUT2D eigenvalue weighted by Gasteiger charge is 2.35. The van der Waals surface area contributed by atoms with Crippen molar-refractivity contribution in [3.63, 3.8) is 0 Å². The number of nitrogens with zero attached hydrogens (tertiary/aromatic N) is 2. The van der Waals surface area contributed by atoms with Crippen LogP contribution in [0.1, 0.15) is 37.7 Å². The van der Waals surface area contributed by atoms with Gasteiger partial charge in [-0.25, -0.2) is 9.78 Å². The summed E-state index contributed by atoms with van der Waals surface area (Å²) in [4.78, 5) is 29.9. The lowest BCUT2D eigenvalue weighted by Crippen LogP contribution is -2.52. The van der Waals surface area contributed by atoms with Crippen LogP contribution in [0.3, 0.4) is 0 Å². The number of ether oxygens (including phenoxy) is 2. The average Bonchev–Trinajstić information content (AvgIpc) is 2.39. The Hall–Kier alpha value is -1.63. The zero-order valence-corrected chi connectivity index (χ0v) is 15.3. The van der Waals surface area contributed by atoms with Crippen molar-refractivity contribution >= 4 is 27.8 Å². The molecule has 0 aromatic carbocycles. The summed E-state index contributed by atoms with van der Waals surface area (Å²) >= 11 is 3.27. The Bertz CT molecular complexity index is 607. The Morgan fingerprint density at radius 2 is 2.00 bits per heavy atom. The van der Waals surface area contributed by atoms with E-state index < -0.39 is 5.60 Å². The van der Waals surface area contributed by atoms with Crippen molar-refractivity contribution in [3.05, 3.63) is 22.4 Å². The standard InChI is InChI=1S/C16H21BrN2O4/c1-16(2,3)23-15(21)19-8-10(9-19)7-12(20)11-5-6-13(22-4)14(17)18-11/h5-6,10H,7-9H2,1-4H3. The summed E-state index contributed by atoms with van der Waals surface area (Å²) in [6, 6.07) is 3.36. The maximum absolute atomic E-state index is 12.2. The number of amides is 1. The van der Waals surface area contributed by atoms with Gasteiger partial charge in [-0.3, -0.25) is 4.79 Å². The van der Waals surface area contributed by atoms with E-state index in [2.05, 4.69) is 20.9 Å². The van der Waals surface area contributed by atoms with Crippen LogP contribution in [0.25, 0.3) is 0 Å². The van der Waals surface area contributed by atoms with Crippen LogP contribution in [0.4, 0.5) is 4.79 Å². The second kappa shape index (κ2) is 6.86. The number of Topliss-reactive ketones (excluding diaryl/α,β-unsaturated/α-hetero) is 1. The van der Waals surface area contributed by atoms with Crippen LogP contribution >= 0.6 is 15.9 Å². The first kappa shape index (κ1) is 17.7. The van der Waals surface area contributed by atoms with E-state index in [0.717, 1.165) is 0 Å². The van der Waals surface area contributed by atoms with Gasteiger partial charge in [0.05, 0.1) is 7.11 Å². The minimum absolute atomic E-state index is 0.0396. The number of likely N-dealkylation sites (tertiary alicyclic amines) is 1. The molecule has 1 saturated heterocycles. The Morgan fingerprint density at radius 1 is 1.35 bits per heavy atom. The lowest BCUT2D eigenvalue weighted by atomic mass is 9.93. The third-order valence-corrected chi connectivity index (χ3v) is 3.97. The molecule has 0 aliphatic carbocycles. The number of carbonyl (C=O) groups is 2. The number of methoxy groups -OCH3 is 1. The first-order chi connectivity index (χ1) is 10.7. The van der Waals surface area contributed by atoms with Gasteiger partial charge in [0.25, 0.3) is 0 Å². The third kappa shape index (κ3) is 4.67. The molecule has 1 aliphatic rings. The summed E-state index contributed by atoms with van der Waals surface area (Å²) in [5.41, 5.74) is -0.106. The van der Waals surface area contributed by atoms with Crippen molar-refractivity contribution in [2.75, 3.05) is 20.2 Å². The molecule has 0 radical (unpaired) electrons. The highest BCUT2D eigenvalue weighted by Crippen LogP contribution is 2.26. The van der Waals surface area contributed by atoms with E-state index in [1.807, 2.05) is 20.8 Å². The van der Waals surface area contributed by atoms with Crippen LogP contribution < -0.4 is 4.74 Å². The van der Waals surface area contributed by atoms with E-state index >= 15 is 0 Å². The molecule has 0 unspecified atom stereocenters. The summed E-state index contributed by atoms with van der Waals surface area (Å²) in [5, 5.41) is 0. The second-order valence-electron chi connectivity index (χ2n) is 6.57. The molecular formula is C16H21BrN2O4. The summed E-state index contributed by atoms with van der Waals surface area (Å²) in [7, 11) is 1.54. The summed E-state index contributed by atoms with van der Waals surface area (Å²) in [5.74, 6) is 0.696.